The van der Waals surface area contributed by atoms with Crippen LogP contribution in [0.15, 0.2) is 0 Å². The van der Waals surface area contributed by atoms with Crippen LogP contribution in [0.2, 0.25) is 0 Å². The number of nitrogens with one attached hydrogen (secondary N) is 1. The van der Waals surface area contributed by atoms with Crippen molar-refractivity contribution < 1.29 is 0 Å². The van der Waals surface area contributed by atoms with E-state index in [1.807, 2.05) is 0 Å². The highest BCUT2D eigenvalue weighted by atomic mass is 35.5. The minimum Gasteiger partial charge on any atom is -0.313 e. The van der Waals surface area contributed by atoms with E-state index >= 15 is 0 Å². The third-order valence-electron chi connectivity index (χ3n) is 2.64. The lowest BCUT2D eigenvalue weighted by atomic mass is 10.1. The Morgan fingerprint density at radius 3 is 2.21 bits per heavy atom. The zero-order valence-electron chi connectivity index (χ0n) is 9.82. The fourth-order valence-electron chi connectivity index (χ4n) is 1.52. The lowest BCUT2D eigenvalue weighted by Crippen LogP contribution is -2.30. The zero-order chi connectivity index (χ0) is 10.6. The summed E-state index contributed by atoms with van der Waals surface area (Å²) in [4.78, 5) is 0. The molecule has 0 saturated heterocycles. The first-order valence-corrected chi connectivity index (χ1v) is 6.67. The molecule has 0 aromatic carbocycles. The molecule has 0 fully saturated rings. The third-order valence-corrected chi connectivity index (χ3v) is 3.01. The van der Waals surface area contributed by atoms with Crippen molar-refractivity contribution in [3.63, 3.8) is 0 Å². The Kier molecular flexibility index (Phi) is 11.5. The Balaban J connectivity index is 3.04. The molecule has 0 aliphatic rings. The van der Waals surface area contributed by atoms with Crippen LogP contribution in [0.1, 0.15) is 58.8 Å². The quantitative estimate of drug-likeness (QED) is 0.433. The maximum Gasteiger partial charge on any atom is 0.0377 e. The van der Waals surface area contributed by atoms with Crippen molar-refractivity contribution >= 4 is 11.6 Å². The normalized spacial score (nSPS) is 13.1. The first-order chi connectivity index (χ1) is 6.85. The van der Waals surface area contributed by atoms with Gasteiger partial charge in [0, 0.05) is 11.9 Å². The number of hydrogen-bond acceptors (Lipinski definition) is 1. The van der Waals surface area contributed by atoms with Gasteiger partial charge in [-0.05, 0) is 19.4 Å². The molecule has 0 bridgehead atoms. The standard InChI is InChI=1S/C12H26ClN/c1-3-5-6-7-8-9-10-14-12(4-2)11-13/h12,14H,3-11H2,1-2H3. The van der Waals surface area contributed by atoms with Crippen LogP contribution in [0.5, 0.6) is 0 Å². The number of hydrogen-bond donors (Lipinski definition) is 1. The van der Waals surface area contributed by atoms with Gasteiger partial charge in [-0.25, -0.2) is 0 Å². The first-order valence-electron chi connectivity index (χ1n) is 6.14. The van der Waals surface area contributed by atoms with Crippen molar-refractivity contribution in [2.45, 2.75) is 64.8 Å². The largest absolute Gasteiger partial charge is 0.313 e. The van der Waals surface area contributed by atoms with Gasteiger partial charge in [0.2, 0.25) is 0 Å². The second-order valence-electron chi connectivity index (χ2n) is 3.98. The molecule has 1 N–H and O–H groups in total. The molecular formula is C12H26ClN. The van der Waals surface area contributed by atoms with E-state index in [1.54, 1.807) is 0 Å². The van der Waals surface area contributed by atoms with Crippen molar-refractivity contribution in [1.82, 2.24) is 5.32 Å². The molecular weight excluding hydrogens is 194 g/mol. The highest BCUT2D eigenvalue weighted by Crippen LogP contribution is 2.04. The summed E-state index contributed by atoms with van der Waals surface area (Å²) in [6.45, 7) is 5.58. The van der Waals surface area contributed by atoms with Gasteiger partial charge in [-0.15, -0.1) is 11.6 Å². The van der Waals surface area contributed by atoms with E-state index in [4.69, 9.17) is 11.6 Å². The molecule has 1 atom stereocenters. The summed E-state index contributed by atoms with van der Waals surface area (Å²) in [6.07, 6.45) is 9.34. The zero-order valence-corrected chi connectivity index (χ0v) is 10.6. The summed E-state index contributed by atoms with van der Waals surface area (Å²) in [5, 5.41) is 3.48. The topological polar surface area (TPSA) is 12.0 Å². The monoisotopic (exact) mass is 219 g/mol. The van der Waals surface area contributed by atoms with Crippen LogP contribution in [0.3, 0.4) is 0 Å². The fraction of sp³-hybridized carbons (Fsp3) is 1.00. The molecule has 0 aromatic heterocycles. The molecule has 0 radical (unpaired) electrons. The average molecular weight is 220 g/mol. The maximum absolute atomic E-state index is 5.79. The van der Waals surface area contributed by atoms with E-state index in [0.717, 1.165) is 18.8 Å². The van der Waals surface area contributed by atoms with E-state index in [0.29, 0.717) is 6.04 Å². The molecule has 14 heavy (non-hydrogen) atoms. The molecule has 0 heterocycles. The SMILES string of the molecule is CCCCCCCCNC(CC)CCl. The lowest BCUT2D eigenvalue weighted by molar-refractivity contribution is 0.507. The molecule has 0 aromatic rings. The smallest absolute Gasteiger partial charge is 0.0377 e. The van der Waals surface area contributed by atoms with Crippen LogP contribution in [0.25, 0.3) is 0 Å². The minimum absolute atomic E-state index is 0.521. The van der Waals surface area contributed by atoms with Gasteiger partial charge < -0.3 is 5.32 Å². The summed E-state index contributed by atoms with van der Waals surface area (Å²) in [7, 11) is 0. The highest BCUT2D eigenvalue weighted by molar-refractivity contribution is 6.18. The molecule has 0 saturated carbocycles. The molecule has 0 spiro atoms. The van der Waals surface area contributed by atoms with Crippen molar-refractivity contribution in [1.29, 1.82) is 0 Å². The van der Waals surface area contributed by atoms with Crippen LogP contribution in [0.4, 0.5) is 0 Å². The van der Waals surface area contributed by atoms with E-state index in [1.165, 1.54) is 38.5 Å². The number of halogens is 1. The Bertz CT molecular complexity index is 102. The minimum atomic E-state index is 0.521. The van der Waals surface area contributed by atoms with Crippen LogP contribution in [-0.2, 0) is 0 Å². The predicted octanol–water partition coefficient (Wildman–Crippen LogP) is 3.95. The summed E-state index contributed by atoms with van der Waals surface area (Å²) < 4.78 is 0. The van der Waals surface area contributed by atoms with E-state index < -0.39 is 0 Å². The van der Waals surface area contributed by atoms with Gasteiger partial charge in [-0.2, -0.15) is 0 Å². The number of alkyl halides is 1. The molecule has 2 heteroatoms. The molecule has 86 valence electrons. The molecule has 0 amide bonds. The molecule has 0 aliphatic heterocycles. The lowest BCUT2D eigenvalue weighted by Gasteiger charge is -2.13. The fourth-order valence-corrected chi connectivity index (χ4v) is 1.85. The van der Waals surface area contributed by atoms with E-state index in [-0.39, 0.29) is 0 Å². The van der Waals surface area contributed by atoms with Crippen molar-refractivity contribution in [2.24, 2.45) is 0 Å². The highest BCUT2D eigenvalue weighted by Gasteiger charge is 2.01. The van der Waals surface area contributed by atoms with Gasteiger partial charge in [0.15, 0.2) is 0 Å². The second-order valence-corrected chi connectivity index (χ2v) is 4.29. The van der Waals surface area contributed by atoms with Crippen molar-refractivity contribution in [2.75, 3.05) is 12.4 Å². The van der Waals surface area contributed by atoms with E-state index in [9.17, 15) is 0 Å². The van der Waals surface area contributed by atoms with Gasteiger partial charge in [0.25, 0.3) is 0 Å². The Morgan fingerprint density at radius 1 is 1.00 bits per heavy atom. The van der Waals surface area contributed by atoms with Crippen molar-refractivity contribution in [3.8, 4) is 0 Å². The Hall–Kier alpha value is 0.250. The van der Waals surface area contributed by atoms with Crippen LogP contribution < -0.4 is 5.32 Å². The van der Waals surface area contributed by atoms with Crippen LogP contribution >= 0.6 is 11.6 Å². The summed E-state index contributed by atoms with van der Waals surface area (Å²) >= 11 is 5.79. The van der Waals surface area contributed by atoms with Gasteiger partial charge in [0.05, 0.1) is 0 Å². The Morgan fingerprint density at radius 2 is 1.64 bits per heavy atom. The summed E-state index contributed by atoms with van der Waals surface area (Å²) in [5.41, 5.74) is 0. The van der Waals surface area contributed by atoms with Crippen molar-refractivity contribution in [3.05, 3.63) is 0 Å². The first kappa shape index (κ1) is 14.2. The van der Waals surface area contributed by atoms with E-state index in [2.05, 4.69) is 19.2 Å². The van der Waals surface area contributed by atoms with Crippen LogP contribution in [0, 0.1) is 0 Å². The molecule has 0 aliphatic carbocycles. The summed E-state index contributed by atoms with van der Waals surface area (Å²) in [5.74, 6) is 0.742. The number of unbranched alkanes of at least 4 members (excludes halogenated alkanes) is 5. The average Bonchev–Trinajstić information content (AvgIpc) is 2.22. The van der Waals surface area contributed by atoms with Gasteiger partial charge >= 0.3 is 0 Å². The second kappa shape index (κ2) is 11.3. The van der Waals surface area contributed by atoms with Crippen LogP contribution in [-0.4, -0.2) is 18.5 Å². The summed E-state index contributed by atoms with van der Waals surface area (Å²) in [6, 6.07) is 0.521. The molecule has 1 unspecified atom stereocenters. The van der Waals surface area contributed by atoms with Gasteiger partial charge in [-0.3, -0.25) is 0 Å². The van der Waals surface area contributed by atoms with Gasteiger partial charge in [-0.1, -0.05) is 46.0 Å². The molecule has 1 nitrogen and oxygen atoms in total. The Labute approximate surface area is 94.6 Å². The predicted molar refractivity (Wildman–Crippen MR) is 66.2 cm³/mol. The van der Waals surface area contributed by atoms with Gasteiger partial charge in [0.1, 0.15) is 0 Å². The molecule has 0 rings (SSSR count). The third kappa shape index (κ3) is 8.83. The number of rotatable bonds is 10. The maximum atomic E-state index is 5.79.